The van der Waals surface area contributed by atoms with E-state index in [0.717, 1.165) is 5.56 Å². The molecule has 4 aromatic rings. The number of aromatic amines is 1. The van der Waals surface area contributed by atoms with Crippen LogP contribution in [0.1, 0.15) is 16.8 Å². The average molecular weight is 472 g/mol. The molecule has 34 heavy (non-hydrogen) atoms. The third-order valence-electron chi connectivity index (χ3n) is 5.69. The maximum atomic E-state index is 13.7. The lowest BCUT2D eigenvalue weighted by molar-refractivity contribution is -0.576. The summed E-state index contributed by atoms with van der Waals surface area (Å²) in [6.07, 6.45) is 3.37. The van der Waals surface area contributed by atoms with Crippen molar-refractivity contribution < 1.29 is 14.2 Å². The van der Waals surface area contributed by atoms with E-state index in [1.165, 1.54) is 9.58 Å². The Morgan fingerprint density at radius 3 is 2.29 bits per heavy atom. The van der Waals surface area contributed by atoms with E-state index < -0.39 is 17.4 Å². The van der Waals surface area contributed by atoms with E-state index in [2.05, 4.69) is 5.10 Å². The van der Waals surface area contributed by atoms with Gasteiger partial charge in [-0.15, -0.1) is 0 Å². The van der Waals surface area contributed by atoms with Crippen molar-refractivity contribution in [3.05, 3.63) is 117 Å². The van der Waals surface area contributed by atoms with Gasteiger partial charge in [0.1, 0.15) is 5.57 Å². The van der Waals surface area contributed by atoms with E-state index in [1.807, 2.05) is 36.4 Å². The number of H-pyrrole nitrogens is 1. The van der Waals surface area contributed by atoms with Crippen LogP contribution in [-0.4, -0.2) is 26.5 Å². The number of carbonyl (C=O) groups is 2. The highest BCUT2D eigenvalue weighted by Crippen LogP contribution is 2.31. The molecule has 0 aliphatic carbocycles. The van der Waals surface area contributed by atoms with Crippen molar-refractivity contribution >= 4 is 34.7 Å². The minimum Gasteiger partial charge on any atom is -0.295 e. The summed E-state index contributed by atoms with van der Waals surface area (Å²) in [5, 5.41) is 3.50. The number of pyridine rings is 1. The molecule has 2 amide bonds. The SMILES string of the molecule is Cc1[nH]n(-c2cccc(Cl)c2)c(=O)c1C1=C([n+]2ccccc2)C(=O)N(Cc2ccccc2)C1=O. The fourth-order valence-corrected chi connectivity index (χ4v) is 4.31. The Labute approximate surface area is 200 Å². The third kappa shape index (κ3) is 3.66. The normalized spacial score (nSPS) is 13.8. The summed E-state index contributed by atoms with van der Waals surface area (Å²) >= 11 is 6.12. The minimum absolute atomic E-state index is 0.0664. The molecule has 2 aromatic carbocycles. The molecule has 0 unspecified atom stereocenters. The number of carbonyl (C=O) groups excluding carboxylic acids is 2. The number of nitrogens with zero attached hydrogens (tertiary/aromatic N) is 3. The van der Waals surface area contributed by atoms with E-state index in [0.29, 0.717) is 16.4 Å². The van der Waals surface area contributed by atoms with Crippen molar-refractivity contribution in [3.63, 3.8) is 0 Å². The van der Waals surface area contributed by atoms with Crippen molar-refractivity contribution in [1.29, 1.82) is 0 Å². The average Bonchev–Trinajstić information content (AvgIpc) is 3.27. The Balaban J connectivity index is 1.69. The van der Waals surface area contributed by atoms with Crippen LogP contribution < -0.4 is 10.1 Å². The van der Waals surface area contributed by atoms with Crippen LogP contribution in [0.4, 0.5) is 0 Å². The molecule has 168 valence electrons. The van der Waals surface area contributed by atoms with Crippen molar-refractivity contribution in [2.24, 2.45) is 0 Å². The molecular formula is C26H20ClN4O3+. The number of benzene rings is 2. The molecule has 0 saturated heterocycles. The Morgan fingerprint density at radius 2 is 1.59 bits per heavy atom. The highest BCUT2D eigenvalue weighted by molar-refractivity contribution is 6.44. The quantitative estimate of drug-likeness (QED) is 0.358. The van der Waals surface area contributed by atoms with Crippen LogP contribution in [0.15, 0.2) is 90.0 Å². The standard InChI is InChI=1S/C26H19ClN4O3/c1-17-21(25(33)31(28-17)20-12-8-11-19(27)15-20)22-23(29-13-6-3-7-14-29)26(34)30(24(22)32)16-18-9-4-2-5-10-18/h2-15H,16H2,1H3/p+1. The summed E-state index contributed by atoms with van der Waals surface area (Å²) in [6.45, 7) is 1.81. The highest BCUT2D eigenvalue weighted by atomic mass is 35.5. The largest absolute Gasteiger partial charge is 0.327 e. The second-order valence-electron chi connectivity index (χ2n) is 7.92. The molecule has 1 aliphatic heterocycles. The first-order valence-corrected chi connectivity index (χ1v) is 11.0. The van der Waals surface area contributed by atoms with Crippen molar-refractivity contribution in [2.75, 3.05) is 0 Å². The molecule has 0 radical (unpaired) electrons. The van der Waals surface area contributed by atoms with Crippen LogP contribution in [0.2, 0.25) is 5.02 Å². The lowest BCUT2D eigenvalue weighted by Gasteiger charge is -2.13. The maximum absolute atomic E-state index is 13.7. The number of imide groups is 1. The van der Waals surface area contributed by atoms with Gasteiger partial charge in [0.15, 0.2) is 12.4 Å². The Bertz CT molecular complexity index is 1500. The number of halogens is 1. The summed E-state index contributed by atoms with van der Waals surface area (Å²) in [6, 6.07) is 21.4. The second-order valence-corrected chi connectivity index (χ2v) is 8.36. The summed E-state index contributed by atoms with van der Waals surface area (Å²) in [4.78, 5) is 41.9. The van der Waals surface area contributed by atoms with Crippen molar-refractivity contribution in [3.8, 4) is 5.69 Å². The lowest BCUT2D eigenvalue weighted by Crippen LogP contribution is -2.39. The topological polar surface area (TPSA) is 79.1 Å². The zero-order valence-corrected chi connectivity index (χ0v) is 19.0. The van der Waals surface area contributed by atoms with Gasteiger partial charge in [-0.05, 0) is 30.7 Å². The van der Waals surface area contributed by atoms with Gasteiger partial charge in [-0.25, -0.2) is 4.68 Å². The van der Waals surface area contributed by atoms with Crippen LogP contribution in [0.5, 0.6) is 0 Å². The van der Waals surface area contributed by atoms with Gasteiger partial charge in [0.05, 0.1) is 17.8 Å². The van der Waals surface area contributed by atoms with Crippen LogP contribution in [0.3, 0.4) is 0 Å². The lowest BCUT2D eigenvalue weighted by atomic mass is 10.1. The monoisotopic (exact) mass is 471 g/mol. The number of aryl methyl sites for hydroxylation is 1. The molecular weight excluding hydrogens is 452 g/mol. The van der Waals surface area contributed by atoms with Crippen molar-refractivity contribution in [1.82, 2.24) is 14.7 Å². The zero-order chi connectivity index (χ0) is 23.8. The summed E-state index contributed by atoms with van der Waals surface area (Å²) < 4.78 is 2.91. The van der Waals surface area contributed by atoms with Gasteiger partial charge < -0.3 is 0 Å². The van der Waals surface area contributed by atoms with E-state index >= 15 is 0 Å². The molecule has 3 heterocycles. The predicted molar refractivity (Wildman–Crippen MR) is 128 cm³/mol. The fraction of sp³-hybridized carbons (Fsp3) is 0.0769. The number of hydrogen-bond donors (Lipinski definition) is 1. The van der Waals surface area contributed by atoms with Crippen LogP contribution in [0.25, 0.3) is 17.0 Å². The first kappa shape index (κ1) is 21.6. The molecule has 0 fully saturated rings. The Hall–Kier alpha value is -4.23. The van der Waals surface area contributed by atoms with E-state index in [4.69, 9.17) is 11.6 Å². The molecule has 0 saturated carbocycles. The van der Waals surface area contributed by atoms with Gasteiger partial charge in [0.2, 0.25) is 0 Å². The summed E-state index contributed by atoms with van der Waals surface area (Å²) in [7, 11) is 0. The van der Waals surface area contributed by atoms with Gasteiger partial charge in [-0.3, -0.25) is 24.4 Å². The smallest absolute Gasteiger partial charge is 0.295 e. The minimum atomic E-state index is -0.516. The molecule has 8 heteroatoms. The van der Waals surface area contributed by atoms with Crippen LogP contribution in [-0.2, 0) is 16.1 Å². The Kier molecular flexibility index (Phi) is 5.47. The number of nitrogens with one attached hydrogen (secondary N) is 1. The number of hydrogen-bond acceptors (Lipinski definition) is 3. The molecule has 2 aromatic heterocycles. The maximum Gasteiger partial charge on any atom is 0.327 e. The molecule has 5 rings (SSSR count). The van der Waals surface area contributed by atoms with Crippen molar-refractivity contribution in [2.45, 2.75) is 13.5 Å². The highest BCUT2D eigenvalue weighted by Gasteiger charge is 2.47. The van der Waals surface area contributed by atoms with Gasteiger partial charge in [0.25, 0.3) is 17.2 Å². The molecule has 0 atom stereocenters. The Morgan fingerprint density at radius 1 is 0.882 bits per heavy atom. The van der Waals surface area contributed by atoms with E-state index in [1.54, 1.807) is 60.3 Å². The summed E-state index contributed by atoms with van der Waals surface area (Å²) in [5.41, 5.74) is 1.73. The molecule has 0 bridgehead atoms. The van der Waals surface area contributed by atoms with Crippen LogP contribution in [0, 0.1) is 6.92 Å². The van der Waals surface area contributed by atoms with E-state index in [9.17, 15) is 14.4 Å². The van der Waals surface area contributed by atoms with Gasteiger partial charge >= 0.3 is 5.91 Å². The number of aromatic nitrogens is 3. The third-order valence-corrected chi connectivity index (χ3v) is 5.92. The van der Waals surface area contributed by atoms with Gasteiger partial charge in [-0.2, -0.15) is 4.57 Å². The van der Waals surface area contributed by atoms with Gasteiger partial charge in [-0.1, -0.05) is 54.1 Å². The second kappa shape index (κ2) is 8.61. The first-order valence-electron chi connectivity index (χ1n) is 10.6. The molecule has 1 N–H and O–H groups in total. The van der Waals surface area contributed by atoms with Gasteiger partial charge in [0, 0.05) is 22.8 Å². The number of rotatable bonds is 5. The summed E-state index contributed by atoms with van der Waals surface area (Å²) in [5.74, 6) is -0.980. The first-order chi connectivity index (χ1) is 16.5. The molecule has 0 spiro atoms. The molecule has 1 aliphatic rings. The van der Waals surface area contributed by atoms with E-state index in [-0.39, 0.29) is 23.4 Å². The molecule has 7 nitrogen and oxygen atoms in total. The fourth-order valence-electron chi connectivity index (χ4n) is 4.12. The number of amides is 2. The zero-order valence-electron chi connectivity index (χ0n) is 18.2. The van der Waals surface area contributed by atoms with Crippen LogP contribution >= 0.6 is 11.6 Å². The predicted octanol–water partition coefficient (Wildman–Crippen LogP) is 3.35.